The van der Waals surface area contributed by atoms with E-state index >= 15 is 0 Å². The zero-order valence-electron chi connectivity index (χ0n) is 15.0. The SMILES string of the molecule is CC1Cc2cc(C(=O)N3CCCCC3)cnc2N1c1cccc(C#N)c1. The van der Waals surface area contributed by atoms with Gasteiger partial charge in [-0.3, -0.25) is 4.79 Å². The first-order valence-electron chi connectivity index (χ1n) is 9.25. The van der Waals surface area contributed by atoms with Crippen molar-refractivity contribution in [1.29, 1.82) is 5.26 Å². The number of nitriles is 1. The maximum Gasteiger partial charge on any atom is 0.255 e. The standard InChI is InChI=1S/C21H22N4O/c1-15-10-17-12-18(21(26)24-8-3-2-4-9-24)14-23-20(17)25(15)19-7-5-6-16(11-19)13-22/h5-7,11-12,14-15H,2-4,8-10H2,1H3. The van der Waals surface area contributed by atoms with Gasteiger partial charge in [0.15, 0.2) is 0 Å². The molecule has 0 saturated carbocycles. The lowest BCUT2D eigenvalue weighted by Crippen LogP contribution is -2.35. The van der Waals surface area contributed by atoms with Gasteiger partial charge in [-0.1, -0.05) is 6.07 Å². The minimum absolute atomic E-state index is 0.0950. The number of anilines is 2. The summed E-state index contributed by atoms with van der Waals surface area (Å²) in [6, 6.07) is 12.0. The lowest BCUT2D eigenvalue weighted by Gasteiger charge is -2.27. The lowest BCUT2D eigenvalue weighted by molar-refractivity contribution is 0.0724. The van der Waals surface area contributed by atoms with Gasteiger partial charge in [0.2, 0.25) is 0 Å². The van der Waals surface area contributed by atoms with Crippen LogP contribution in [-0.2, 0) is 6.42 Å². The second-order valence-electron chi connectivity index (χ2n) is 7.14. The van der Waals surface area contributed by atoms with Crippen molar-refractivity contribution < 1.29 is 4.79 Å². The summed E-state index contributed by atoms with van der Waals surface area (Å²) >= 11 is 0. The monoisotopic (exact) mass is 346 g/mol. The maximum absolute atomic E-state index is 12.8. The summed E-state index contributed by atoms with van der Waals surface area (Å²) in [5.41, 5.74) is 3.39. The first kappa shape index (κ1) is 16.6. The Labute approximate surface area is 153 Å². The van der Waals surface area contributed by atoms with Crippen LogP contribution < -0.4 is 4.90 Å². The van der Waals surface area contributed by atoms with Gasteiger partial charge < -0.3 is 9.80 Å². The highest BCUT2D eigenvalue weighted by molar-refractivity contribution is 5.94. The van der Waals surface area contributed by atoms with Crippen molar-refractivity contribution in [2.24, 2.45) is 0 Å². The Kier molecular flexibility index (Phi) is 4.34. The molecule has 26 heavy (non-hydrogen) atoms. The molecule has 132 valence electrons. The molecule has 0 N–H and O–H groups in total. The second kappa shape index (κ2) is 6.80. The molecular formula is C21H22N4O. The van der Waals surface area contributed by atoms with Crippen LogP contribution in [0.2, 0.25) is 0 Å². The van der Waals surface area contributed by atoms with Crippen molar-refractivity contribution in [3.63, 3.8) is 0 Å². The molecule has 1 fully saturated rings. The molecule has 0 bridgehead atoms. The molecule has 5 heteroatoms. The predicted octanol–water partition coefficient (Wildman–Crippen LogP) is 3.66. The van der Waals surface area contributed by atoms with E-state index in [-0.39, 0.29) is 11.9 Å². The number of hydrogen-bond donors (Lipinski definition) is 0. The van der Waals surface area contributed by atoms with Crippen LogP contribution in [-0.4, -0.2) is 34.9 Å². The Bertz CT molecular complexity index is 880. The van der Waals surface area contributed by atoms with E-state index in [1.165, 1.54) is 6.42 Å². The number of amides is 1. The first-order chi connectivity index (χ1) is 12.7. The summed E-state index contributed by atoms with van der Waals surface area (Å²) in [5, 5.41) is 9.16. The summed E-state index contributed by atoms with van der Waals surface area (Å²) in [5.74, 6) is 0.986. The van der Waals surface area contributed by atoms with Gasteiger partial charge in [-0.2, -0.15) is 5.26 Å². The van der Waals surface area contributed by atoms with Gasteiger partial charge in [-0.05, 0) is 62.4 Å². The zero-order chi connectivity index (χ0) is 18.1. The number of pyridine rings is 1. The average molecular weight is 346 g/mol. The molecule has 2 aliphatic heterocycles. The molecule has 1 saturated heterocycles. The molecule has 1 aromatic carbocycles. The van der Waals surface area contributed by atoms with Crippen molar-refractivity contribution in [1.82, 2.24) is 9.88 Å². The Balaban J connectivity index is 1.64. The summed E-state index contributed by atoms with van der Waals surface area (Å²) < 4.78 is 0. The van der Waals surface area contributed by atoms with Gasteiger partial charge in [0.05, 0.1) is 17.2 Å². The largest absolute Gasteiger partial charge is 0.339 e. The van der Waals surface area contributed by atoms with Gasteiger partial charge in [-0.15, -0.1) is 0 Å². The molecule has 2 aromatic rings. The number of rotatable bonds is 2. The third-order valence-corrected chi connectivity index (χ3v) is 5.27. The molecule has 1 amide bonds. The molecule has 1 aromatic heterocycles. The number of benzene rings is 1. The molecule has 1 atom stereocenters. The summed E-state index contributed by atoms with van der Waals surface area (Å²) in [4.78, 5) is 21.5. The van der Waals surface area contributed by atoms with Gasteiger partial charge >= 0.3 is 0 Å². The third kappa shape index (κ3) is 2.92. The second-order valence-corrected chi connectivity index (χ2v) is 7.14. The van der Waals surface area contributed by atoms with Crippen LogP contribution in [0.3, 0.4) is 0 Å². The van der Waals surface area contributed by atoms with Crippen molar-refractivity contribution in [2.45, 2.75) is 38.6 Å². The molecule has 2 aliphatic rings. The van der Waals surface area contributed by atoms with Crippen LogP contribution in [0.4, 0.5) is 11.5 Å². The highest BCUT2D eigenvalue weighted by Crippen LogP contribution is 2.37. The molecule has 0 aliphatic carbocycles. The zero-order valence-corrected chi connectivity index (χ0v) is 15.0. The Hall–Kier alpha value is -2.87. The van der Waals surface area contributed by atoms with E-state index in [2.05, 4.69) is 22.9 Å². The Morgan fingerprint density at radius 3 is 2.81 bits per heavy atom. The topological polar surface area (TPSA) is 60.2 Å². The van der Waals surface area contributed by atoms with Crippen LogP contribution in [0.5, 0.6) is 0 Å². The number of piperidine rings is 1. The van der Waals surface area contributed by atoms with Crippen LogP contribution in [0.15, 0.2) is 36.5 Å². The minimum atomic E-state index is 0.0950. The minimum Gasteiger partial charge on any atom is -0.339 e. The molecule has 0 spiro atoms. The van der Waals surface area contributed by atoms with Crippen molar-refractivity contribution >= 4 is 17.4 Å². The normalized spacial score (nSPS) is 19.2. The quantitative estimate of drug-likeness (QED) is 0.832. The van der Waals surface area contributed by atoms with Crippen molar-refractivity contribution in [2.75, 3.05) is 18.0 Å². The van der Waals surface area contributed by atoms with Crippen LogP contribution in [0.25, 0.3) is 0 Å². The van der Waals surface area contributed by atoms with Gasteiger partial charge in [-0.25, -0.2) is 4.98 Å². The number of carbonyl (C=O) groups excluding carboxylic acids is 1. The van der Waals surface area contributed by atoms with E-state index in [9.17, 15) is 4.79 Å². The molecular weight excluding hydrogens is 324 g/mol. The van der Waals surface area contributed by atoms with E-state index < -0.39 is 0 Å². The predicted molar refractivity (Wildman–Crippen MR) is 100 cm³/mol. The fourth-order valence-corrected chi connectivity index (χ4v) is 3.99. The highest BCUT2D eigenvalue weighted by Gasteiger charge is 2.30. The van der Waals surface area contributed by atoms with Crippen molar-refractivity contribution in [3.8, 4) is 6.07 Å². The lowest BCUT2D eigenvalue weighted by atomic mass is 10.1. The number of likely N-dealkylation sites (tertiary alicyclic amines) is 1. The average Bonchev–Trinajstić information content (AvgIpc) is 3.03. The van der Waals surface area contributed by atoms with Crippen molar-refractivity contribution in [3.05, 3.63) is 53.2 Å². The van der Waals surface area contributed by atoms with Crippen LogP contribution in [0, 0.1) is 11.3 Å². The summed E-state index contributed by atoms with van der Waals surface area (Å²) in [7, 11) is 0. The highest BCUT2D eigenvalue weighted by atomic mass is 16.2. The van der Waals surface area contributed by atoms with E-state index in [4.69, 9.17) is 5.26 Å². The number of aromatic nitrogens is 1. The van der Waals surface area contributed by atoms with E-state index in [0.29, 0.717) is 11.1 Å². The summed E-state index contributed by atoms with van der Waals surface area (Å²) in [6.07, 6.45) is 5.93. The number of nitrogens with zero attached hydrogens (tertiary/aromatic N) is 4. The van der Waals surface area contributed by atoms with Crippen LogP contribution in [0.1, 0.15) is 47.7 Å². The van der Waals surface area contributed by atoms with Gasteiger partial charge in [0.1, 0.15) is 5.82 Å². The van der Waals surface area contributed by atoms with Gasteiger partial charge in [0, 0.05) is 31.0 Å². The molecule has 3 heterocycles. The van der Waals surface area contributed by atoms with E-state index in [1.807, 2.05) is 29.2 Å². The Morgan fingerprint density at radius 1 is 1.23 bits per heavy atom. The fraction of sp³-hybridized carbons (Fsp3) is 0.381. The van der Waals surface area contributed by atoms with Crippen LogP contribution >= 0.6 is 0 Å². The fourth-order valence-electron chi connectivity index (χ4n) is 3.99. The number of fused-ring (bicyclic) bond motifs is 1. The maximum atomic E-state index is 12.8. The molecule has 5 nitrogen and oxygen atoms in total. The molecule has 4 rings (SSSR count). The van der Waals surface area contributed by atoms with E-state index in [0.717, 1.165) is 49.4 Å². The number of carbonyl (C=O) groups is 1. The Morgan fingerprint density at radius 2 is 2.04 bits per heavy atom. The molecule has 0 radical (unpaired) electrons. The third-order valence-electron chi connectivity index (χ3n) is 5.27. The smallest absolute Gasteiger partial charge is 0.255 e. The summed E-state index contributed by atoms with van der Waals surface area (Å²) in [6.45, 7) is 3.84. The van der Waals surface area contributed by atoms with E-state index in [1.54, 1.807) is 12.3 Å². The number of hydrogen-bond acceptors (Lipinski definition) is 4. The molecule has 1 unspecified atom stereocenters. The first-order valence-corrected chi connectivity index (χ1v) is 9.25. The van der Waals surface area contributed by atoms with Gasteiger partial charge in [0.25, 0.3) is 5.91 Å².